The Morgan fingerprint density at radius 2 is 2.33 bits per heavy atom. The van der Waals surface area contributed by atoms with Gasteiger partial charge >= 0.3 is 0 Å². The van der Waals surface area contributed by atoms with E-state index in [1.165, 1.54) is 5.56 Å². The number of hydrogen-bond donors (Lipinski definition) is 2. The van der Waals surface area contributed by atoms with Crippen LogP contribution in [0.1, 0.15) is 17.1 Å². The number of rotatable bonds is 3. The number of imidazole rings is 1. The fraction of sp³-hybridized carbons (Fsp3) is 0.357. The van der Waals surface area contributed by atoms with Crippen molar-refractivity contribution < 1.29 is 4.74 Å². The summed E-state index contributed by atoms with van der Waals surface area (Å²) in [7, 11) is 1.94. The molecular weight excluding hydrogens is 226 g/mol. The number of aromatic nitrogens is 2. The van der Waals surface area contributed by atoms with Gasteiger partial charge in [0.2, 0.25) is 0 Å². The molecule has 0 radical (unpaired) electrons. The van der Waals surface area contributed by atoms with Crippen molar-refractivity contribution in [1.29, 1.82) is 0 Å². The minimum Gasteiger partial charge on any atom is -0.493 e. The van der Waals surface area contributed by atoms with Gasteiger partial charge in [0.25, 0.3) is 0 Å². The minimum atomic E-state index is 0.793. The maximum absolute atomic E-state index is 5.53. The maximum atomic E-state index is 5.53. The highest BCUT2D eigenvalue weighted by Gasteiger charge is 2.15. The van der Waals surface area contributed by atoms with E-state index in [-0.39, 0.29) is 0 Å². The first-order valence-electron chi connectivity index (χ1n) is 6.24. The molecule has 1 aliphatic rings. The van der Waals surface area contributed by atoms with Gasteiger partial charge in [-0.1, -0.05) is 0 Å². The number of fused-ring (bicyclic) bond motifs is 1. The molecule has 1 aromatic carbocycles. The highest BCUT2D eigenvalue weighted by atomic mass is 16.5. The van der Waals surface area contributed by atoms with Gasteiger partial charge in [0.05, 0.1) is 18.0 Å². The molecule has 0 unspecified atom stereocenters. The summed E-state index contributed by atoms with van der Waals surface area (Å²) in [5.74, 6) is 1.97. The highest BCUT2D eigenvalue weighted by Crippen LogP contribution is 2.31. The molecular formula is C14H17N3O. The molecule has 1 aliphatic heterocycles. The number of ether oxygens (including phenoxy) is 1. The summed E-state index contributed by atoms with van der Waals surface area (Å²) < 4.78 is 5.53. The van der Waals surface area contributed by atoms with Crippen molar-refractivity contribution in [3.63, 3.8) is 0 Å². The lowest BCUT2D eigenvalue weighted by atomic mass is 10.1. The first-order chi connectivity index (χ1) is 8.78. The van der Waals surface area contributed by atoms with Crippen molar-refractivity contribution >= 4 is 0 Å². The number of nitrogens with zero attached hydrogens (tertiary/aromatic N) is 1. The highest BCUT2D eigenvalue weighted by molar-refractivity contribution is 5.65. The van der Waals surface area contributed by atoms with Gasteiger partial charge in [0.1, 0.15) is 11.6 Å². The second kappa shape index (κ2) is 4.46. The van der Waals surface area contributed by atoms with Gasteiger partial charge < -0.3 is 15.0 Å². The average Bonchev–Trinajstić information content (AvgIpc) is 2.95. The molecule has 3 rings (SSSR count). The van der Waals surface area contributed by atoms with E-state index in [1.807, 2.05) is 20.0 Å². The quantitative estimate of drug-likeness (QED) is 0.867. The Hall–Kier alpha value is -1.81. The van der Waals surface area contributed by atoms with Gasteiger partial charge in [-0.3, -0.25) is 0 Å². The Bertz CT molecular complexity index is 574. The predicted octanol–water partition coefficient (Wildman–Crippen LogP) is 2.04. The molecule has 2 N–H and O–H groups in total. The monoisotopic (exact) mass is 243 g/mol. The van der Waals surface area contributed by atoms with E-state index < -0.39 is 0 Å². The summed E-state index contributed by atoms with van der Waals surface area (Å²) in [5, 5.41) is 3.16. The lowest BCUT2D eigenvalue weighted by Gasteiger charge is -2.04. The normalized spacial score (nSPS) is 13.4. The van der Waals surface area contributed by atoms with Gasteiger partial charge in [0.15, 0.2) is 0 Å². The number of aromatic amines is 1. The number of aryl methyl sites for hydroxylation is 1. The molecule has 0 spiro atoms. The van der Waals surface area contributed by atoms with Crippen LogP contribution in [0, 0.1) is 6.92 Å². The fourth-order valence-corrected chi connectivity index (χ4v) is 2.42. The van der Waals surface area contributed by atoms with Gasteiger partial charge in [-0.2, -0.15) is 0 Å². The number of H-pyrrole nitrogens is 1. The van der Waals surface area contributed by atoms with Crippen LogP contribution in [0.2, 0.25) is 0 Å². The van der Waals surface area contributed by atoms with E-state index in [1.54, 1.807) is 0 Å². The standard InChI is InChI=1S/C14H17N3O/c1-9-16-12(8-15-2)14(17-9)11-3-4-13-10(7-11)5-6-18-13/h3-4,7,15H,5-6,8H2,1-2H3,(H,16,17). The lowest BCUT2D eigenvalue weighted by molar-refractivity contribution is 0.357. The van der Waals surface area contributed by atoms with Crippen molar-refractivity contribution in [1.82, 2.24) is 15.3 Å². The van der Waals surface area contributed by atoms with Crippen molar-refractivity contribution in [2.24, 2.45) is 0 Å². The Kier molecular flexibility index (Phi) is 2.80. The van der Waals surface area contributed by atoms with Crippen molar-refractivity contribution in [3.8, 4) is 17.0 Å². The minimum absolute atomic E-state index is 0.793. The molecule has 18 heavy (non-hydrogen) atoms. The first-order valence-corrected chi connectivity index (χ1v) is 6.24. The Morgan fingerprint density at radius 3 is 3.17 bits per heavy atom. The van der Waals surface area contributed by atoms with Crippen LogP contribution in [0.25, 0.3) is 11.3 Å². The third-order valence-corrected chi connectivity index (χ3v) is 3.21. The molecule has 0 bridgehead atoms. The molecule has 0 fully saturated rings. The second-order valence-electron chi connectivity index (χ2n) is 4.60. The summed E-state index contributed by atoms with van der Waals surface area (Å²) in [5.41, 5.74) is 4.61. The van der Waals surface area contributed by atoms with Crippen molar-refractivity contribution in [2.45, 2.75) is 19.9 Å². The Balaban J connectivity index is 2.03. The summed E-state index contributed by atoms with van der Waals surface area (Å²) in [6.07, 6.45) is 0.994. The van der Waals surface area contributed by atoms with Crippen LogP contribution in [-0.2, 0) is 13.0 Å². The van der Waals surface area contributed by atoms with Crippen LogP contribution < -0.4 is 10.1 Å². The Labute approximate surface area is 106 Å². The van der Waals surface area contributed by atoms with E-state index in [0.29, 0.717) is 0 Å². The zero-order chi connectivity index (χ0) is 12.5. The van der Waals surface area contributed by atoms with Crippen molar-refractivity contribution in [2.75, 3.05) is 13.7 Å². The molecule has 4 heteroatoms. The summed E-state index contributed by atoms with van der Waals surface area (Å²) in [6, 6.07) is 6.32. The van der Waals surface area contributed by atoms with Gasteiger partial charge in [0, 0.05) is 18.5 Å². The van der Waals surface area contributed by atoms with E-state index in [9.17, 15) is 0 Å². The fourth-order valence-electron chi connectivity index (χ4n) is 2.42. The number of benzene rings is 1. The summed E-state index contributed by atoms with van der Waals surface area (Å²) in [4.78, 5) is 7.90. The molecule has 0 saturated heterocycles. The Morgan fingerprint density at radius 1 is 1.44 bits per heavy atom. The summed E-state index contributed by atoms with van der Waals surface area (Å²) >= 11 is 0. The molecule has 4 nitrogen and oxygen atoms in total. The average molecular weight is 243 g/mol. The summed E-state index contributed by atoms with van der Waals surface area (Å²) in [6.45, 7) is 3.57. The number of nitrogens with one attached hydrogen (secondary N) is 2. The zero-order valence-corrected chi connectivity index (χ0v) is 10.7. The lowest BCUT2D eigenvalue weighted by Crippen LogP contribution is -2.06. The van der Waals surface area contributed by atoms with Gasteiger partial charge in [-0.15, -0.1) is 0 Å². The van der Waals surface area contributed by atoms with E-state index in [4.69, 9.17) is 4.74 Å². The third-order valence-electron chi connectivity index (χ3n) is 3.21. The van der Waals surface area contributed by atoms with Crippen LogP contribution >= 0.6 is 0 Å². The molecule has 2 heterocycles. The van der Waals surface area contributed by atoms with Crippen LogP contribution in [0.5, 0.6) is 5.75 Å². The number of hydrogen-bond acceptors (Lipinski definition) is 3. The smallest absolute Gasteiger partial charge is 0.122 e. The second-order valence-corrected chi connectivity index (χ2v) is 4.60. The predicted molar refractivity (Wildman–Crippen MR) is 70.7 cm³/mol. The SMILES string of the molecule is CNCc1[nH]c(C)nc1-c1ccc2c(c1)CCO2. The van der Waals surface area contributed by atoms with E-state index in [2.05, 4.69) is 27.4 Å². The van der Waals surface area contributed by atoms with E-state index >= 15 is 0 Å². The van der Waals surface area contributed by atoms with Gasteiger partial charge in [-0.25, -0.2) is 4.98 Å². The molecule has 0 aliphatic carbocycles. The van der Waals surface area contributed by atoms with Crippen LogP contribution in [0.15, 0.2) is 18.2 Å². The van der Waals surface area contributed by atoms with Crippen LogP contribution in [0.3, 0.4) is 0 Å². The van der Waals surface area contributed by atoms with Gasteiger partial charge in [-0.05, 0) is 37.7 Å². The molecule has 0 saturated carbocycles. The zero-order valence-electron chi connectivity index (χ0n) is 10.7. The molecule has 0 atom stereocenters. The first kappa shape index (κ1) is 11.3. The third kappa shape index (κ3) is 1.88. The topological polar surface area (TPSA) is 49.9 Å². The largest absolute Gasteiger partial charge is 0.493 e. The van der Waals surface area contributed by atoms with Crippen molar-refractivity contribution in [3.05, 3.63) is 35.3 Å². The molecule has 0 amide bonds. The molecule has 2 aromatic rings. The molecule has 1 aromatic heterocycles. The molecule has 94 valence electrons. The van der Waals surface area contributed by atoms with Crippen LogP contribution in [-0.4, -0.2) is 23.6 Å². The van der Waals surface area contributed by atoms with E-state index in [0.717, 1.165) is 48.1 Å². The maximum Gasteiger partial charge on any atom is 0.122 e. The van der Waals surface area contributed by atoms with Crippen LogP contribution in [0.4, 0.5) is 0 Å².